The van der Waals surface area contributed by atoms with Gasteiger partial charge in [-0.2, -0.15) is 5.10 Å². The van der Waals surface area contributed by atoms with Crippen molar-refractivity contribution in [2.24, 2.45) is 5.73 Å². The summed E-state index contributed by atoms with van der Waals surface area (Å²) in [5, 5.41) is 8.86. The average molecular weight is 168 g/mol. The van der Waals surface area contributed by atoms with Gasteiger partial charge in [0, 0.05) is 18.8 Å². The summed E-state index contributed by atoms with van der Waals surface area (Å²) in [6.45, 7) is 2.30. The number of hydrogen-bond acceptors (Lipinski definition) is 3. The Morgan fingerprint density at radius 2 is 2.67 bits per heavy atom. The van der Waals surface area contributed by atoms with Gasteiger partial charge in [0.15, 0.2) is 0 Å². The van der Waals surface area contributed by atoms with Gasteiger partial charge in [-0.3, -0.25) is 9.89 Å². The van der Waals surface area contributed by atoms with Gasteiger partial charge in [-0.15, -0.1) is 0 Å². The summed E-state index contributed by atoms with van der Waals surface area (Å²) in [6.07, 6.45) is 1.53. The second kappa shape index (κ2) is 3.87. The van der Waals surface area contributed by atoms with E-state index in [1.807, 2.05) is 6.92 Å². The molecule has 0 aromatic carbocycles. The van der Waals surface area contributed by atoms with E-state index in [0.29, 0.717) is 12.2 Å². The second-order valence-electron chi connectivity index (χ2n) is 2.66. The third-order valence-electron chi connectivity index (χ3n) is 1.33. The molecule has 5 nitrogen and oxygen atoms in total. The molecule has 1 amide bonds. The first-order valence-electron chi connectivity index (χ1n) is 3.73. The van der Waals surface area contributed by atoms with E-state index in [4.69, 9.17) is 5.73 Å². The van der Waals surface area contributed by atoms with Crippen molar-refractivity contribution in [1.82, 2.24) is 15.5 Å². The Morgan fingerprint density at radius 3 is 3.17 bits per heavy atom. The van der Waals surface area contributed by atoms with Crippen LogP contribution < -0.4 is 11.1 Å². The van der Waals surface area contributed by atoms with Crippen LogP contribution in [-0.2, 0) is 0 Å². The smallest absolute Gasteiger partial charge is 0.269 e. The number of rotatable bonds is 3. The highest BCUT2D eigenvalue weighted by Crippen LogP contribution is 1.89. The topological polar surface area (TPSA) is 83.8 Å². The van der Waals surface area contributed by atoms with Crippen molar-refractivity contribution in [1.29, 1.82) is 0 Å². The third-order valence-corrected chi connectivity index (χ3v) is 1.33. The zero-order valence-electron chi connectivity index (χ0n) is 6.87. The molecule has 1 heterocycles. The van der Waals surface area contributed by atoms with Gasteiger partial charge in [-0.25, -0.2) is 0 Å². The zero-order valence-corrected chi connectivity index (χ0v) is 6.87. The number of nitrogens with two attached hydrogens (primary N) is 1. The quantitative estimate of drug-likeness (QED) is 0.568. The molecule has 0 fully saturated rings. The summed E-state index contributed by atoms with van der Waals surface area (Å²) < 4.78 is 0. The van der Waals surface area contributed by atoms with E-state index in [2.05, 4.69) is 15.5 Å². The number of H-pyrrole nitrogens is 1. The highest BCUT2D eigenvalue weighted by Gasteiger charge is 2.05. The third kappa shape index (κ3) is 2.35. The first-order chi connectivity index (χ1) is 5.70. The number of carbonyl (C=O) groups is 1. The molecule has 1 aromatic rings. The van der Waals surface area contributed by atoms with Crippen LogP contribution in [0.5, 0.6) is 0 Å². The van der Waals surface area contributed by atoms with E-state index in [1.54, 1.807) is 6.07 Å². The molecule has 0 spiro atoms. The highest BCUT2D eigenvalue weighted by atomic mass is 16.1. The number of carbonyl (C=O) groups excluding carboxylic acids is 1. The van der Waals surface area contributed by atoms with E-state index < -0.39 is 0 Å². The van der Waals surface area contributed by atoms with Crippen LogP contribution in [-0.4, -0.2) is 28.7 Å². The number of nitrogens with zero attached hydrogens (tertiary/aromatic N) is 1. The van der Waals surface area contributed by atoms with Gasteiger partial charge < -0.3 is 11.1 Å². The van der Waals surface area contributed by atoms with Crippen LogP contribution in [0.25, 0.3) is 0 Å². The molecule has 0 aliphatic heterocycles. The molecule has 0 saturated heterocycles. The molecule has 1 aromatic heterocycles. The molecule has 5 heteroatoms. The molecule has 0 bridgehead atoms. The maximum Gasteiger partial charge on any atom is 0.269 e. The summed E-state index contributed by atoms with van der Waals surface area (Å²) in [6, 6.07) is 1.58. The fraction of sp³-hybridized carbons (Fsp3) is 0.429. The minimum absolute atomic E-state index is 0.0307. The molecule has 0 saturated carbocycles. The molecular formula is C7H12N4O. The molecule has 1 atom stereocenters. The molecule has 4 N–H and O–H groups in total. The van der Waals surface area contributed by atoms with Crippen LogP contribution in [0, 0.1) is 0 Å². The van der Waals surface area contributed by atoms with Crippen molar-refractivity contribution in [3.63, 3.8) is 0 Å². The minimum atomic E-state index is -0.176. The lowest BCUT2D eigenvalue weighted by atomic mass is 10.3. The number of aromatic nitrogens is 2. The highest BCUT2D eigenvalue weighted by molar-refractivity contribution is 5.92. The fourth-order valence-corrected chi connectivity index (χ4v) is 0.731. The van der Waals surface area contributed by atoms with Crippen LogP contribution in [0.4, 0.5) is 0 Å². The van der Waals surface area contributed by atoms with Crippen molar-refractivity contribution >= 4 is 5.91 Å². The van der Waals surface area contributed by atoms with E-state index in [9.17, 15) is 4.79 Å². The normalized spacial score (nSPS) is 12.5. The maximum absolute atomic E-state index is 11.2. The van der Waals surface area contributed by atoms with Gasteiger partial charge >= 0.3 is 0 Å². The Balaban J connectivity index is 2.40. The van der Waals surface area contributed by atoms with Crippen LogP contribution in [0.2, 0.25) is 0 Å². The monoisotopic (exact) mass is 168 g/mol. The van der Waals surface area contributed by atoms with Crippen LogP contribution in [0.3, 0.4) is 0 Å². The standard InChI is InChI=1S/C7H12N4O/c1-5(8)4-9-7(12)6-2-3-10-11-6/h2-3,5H,4,8H2,1H3,(H,9,12)(H,10,11). The van der Waals surface area contributed by atoms with Gasteiger partial charge in [0.25, 0.3) is 5.91 Å². The number of hydrogen-bond donors (Lipinski definition) is 3. The zero-order chi connectivity index (χ0) is 8.97. The Hall–Kier alpha value is -1.36. The lowest BCUT2D eigenvalue weighted by Crippen LogP contribution is -2.35. The second-order valence-corrected chi connectivity index (χ2v) is 2.66. The molecule has 1 rings (SSSR count). The first-order valence-corrected chi connectivity index (χ1v) is 3.73. The van der Waals surface area contributed by atoms with Gasteiger partial charge in [-0.1, -0.05) is 0 Å². The van der Waals surface area contributed by atoms with E-state index >= 15 is 0 Å². The maximum atomic E-state index is 11.2. The van der Waals surface area contributed by atoms with Crippen molar-refractivity contribution in [3.8, 4) is 0 Å². The first kappa shape index (κ1) is 8.73. The number of amides is 1. The van der Waals surface area contributed by atoms with E-state index in [1.165, 1.54) is 6.20 Å². The van der Waals surface area contributed by atoms with Gasteiger partial charge in [-0.05, 0) is 13.0 Å². The van der Waals surface area contributed by atoms with Gasteiger partial charge in [0.05, 0.1) is 0 Å². The van der Waals surface area contributed by atoms with Gasteiger partial charge in [0.2, 0.25) is 0 Å². The number of aromatic amines is 1. The van der Waals surface area contributed by atoms with Crippen molar-refractivity contribution in [2.75, 3.05) is 6.54 Å². The predicted molar refractivity (Wildman–Crippen MR) is 44.6 cm³/mol. The van der Waals surface area contributed by atoms with Crippen molar-refractivity contribution in [2.45, 2.75) is 13.0 Å². The SMILES string of the molecule is CC(N)CNC(=O)c1ccn[nH]1. The molecule has 12 heavy (non-hydrogen) atoms. The Labute approximate surface area is 70.3 Å². The van der Waals surface area contributed by atoms with Gasteiger partial charge in [0.1, 0.15) is 5.69 Å². The molecule has 0 aliphatic rings. The molecule has 0 radical (unpaired) electrons. The molecule has 1 unspecified atom stereocenters. The van der Waals surface area contributed by atoms with E-state index in [0.717, 1.165) is 0 Å². The Kier molecular flexibility index (Phi) is 2.82. The summed E-state index contributed by atoms with van der Waals surface area (Å²) >= 11 is 0. The summed E-state index contributed by atoms with van der Waals surface area (Å²) in [7, 11) is 0. The largest absolute Gasteiger partial charge is 0.349 e. The molecule has 0 aliphatic carbocycles. The van der Waals surface area contributed by atoms with Crippen LogP contribution >= 0.6 is 0 Å². The minimum Gasteiger partial charge on any atom is -0.349 e. The lowest BCUT2D eigenvalue weighted by Gasteiger charge is -2.05. The predicted octanol–water partition coefficient (Wildman–Crippen LogP) is -0.513. The number of nitrogens with one attached hydrogen (secondary N) is 2. The Bertz CT molecular complexity index is 242. The van der Waals surface area contributed by atoms with Crippen molar-refractivity contribution < 1.29 is 4.79 Å². The van der Waals surface area contributed by atoms with Crippen LogP contribution in [0.1, 0.15) is 17.4 Å². The van der Waals surface area contributed by atoms with Crippen molar-refractivity contribution in [3.05, 3.63) is 18.0 Å². The fourth-order valence-electron chi connectivity index (χ4n) is 0.731. The average Bonchev–Trinajstić information content (AvgIpc) is 2.51. The lowest BCUT2D eigenvalue weighted by molar-refractivity contribution is 0.0946. The summed E-state index contributed by atoms with van der Waals surface area (Å²) in [4.78, 5) is 11.2. The van der Waals surface area contributed by atoms with Crippen LogP contribution in [0.15, 0.2) is 12.3 Å². The Morgan fingerprint density at radius 1 is 1.92 bits per heavy atom. The molecular weight excluding hydrogens is 156 g/mol. The molecule has 66 valence electrons. The summed E-state index contributed by atoms with van der Waals surface area (Å²) in [5.41, 5.74) is 5.91. The van der Waals surface area contributed by atoms with E-state index in [-0.39, 0.29) is 11.9 Å². The summed E-state index contributed by atoms with van der Waals surface area (Å²) in [5.74, 6) is -0.176.